The molecule has 0 saturated heterocycles. The summed E-state index contributed by atoms with van der Waals surface area (Å²) < 4.78 is 7.03. The lowest BCUT2D eigenvalue weighted by Gasteiger charge is -2.28. The highest BCUT2D eigenvalue weighted by atomic mass is 32.2. The number of hydrogen-bond donors (Lipinski definition) is 1. The lowest BCUT2D eigenvalue weighted by atomic mass is 9.95. The summed E-state index contributed by atoms with van der Waals surface area (Å²) in [6.45, 7) is 6.03. The molecule has 0 aliphatic carbocycles. The van der Waals surface area contributed by atoms with Crippen LogP contribution in [0.15, 0.2) is 40.7 Å². The van der Waals surface area contributed by atoms with E-state index in [1.54, 1.807) is 11.6 Å². The molecule has 6 nitrogen and oxygen atoms in total. The number of anilines is 1. The number of rotatable bonds is 4. The number of esters is 1. The van der Waals surface area contributed by atoms with Crippen LogP contribution in [0.4, 0.5) is 5.95 Å². The molecule has 1 aliphatic heterocycles. The van der Waals surface area contributed by atoms with E-state index in [4.69, 9.17) is 4.74 Å². The van der Waals surface area contributed by atoms with Gasteiger partial charge in [0.2, 0.25) is 11.1 Å². The molecule has 1 atom stereocenters. The smallest absolute Gasteiger partial charge is 0.338 e. The second-order valence-electron chi connectivity index (χ2n) is 5.56. The third-order valence-electron chi connectivity index (χ3n) is 3.90. The molecule has 2 aromatic rings. The minimum Gasteiger partial charge on any atom is -0.463 e. The van der Waals surface area contributed by atoms with E-state index in [1.807, 2.05) is 44.4 Å². The van der Waals surface area contributed by atoms with Gasteiger partial charge in [-0.15, -0.1) is 5.10 Å². The van der Waals surface area contributed by atoms with Crippen molar-refractivity contribution in [3.05, 3.63) is 46.7 Å². The molecule has 1 N–H and O–H groups in total. The molecule has 1 aromatic carbocycles. The number of benzene rings is 1. The number of carbonyl (C=O) groups excluding carboxylic acids is 1. The Morgan fingerprint density at radius 1 is 1.33 bits per heavy atom. The lowest BCUT2D eigenvalue weighted by Crippen LogP contribution is -2.29. The van der Waals surface area contributed by atoms with Gasteiger partial charge < -0.3 is 10.1 Å². The molecular weight excluding hydrogens is 324 g/mol. The molecule has 0 saturated carbocycles. The number of nitrogens with zero attached hydrogens (tertiary/aromatic N) is 3. The fourth-order valence-electron chi connectivity index (χ4n) is 2.75. The van der Waals surface area contributed by atoms with Gasteiger partial charge in [-0.1, -0.05) is 41.6 Å². The molecule has 3 rings (SSSR count). The van der Waals surface area contributed by atoms with E-state index in [9.17, 15) is 4.79 Å². The van der Waals surface area contributed by atoms with Crippen molar-refractivity contribution in [2.45, 2.75) is 32.0 Å². The zero-order valence-corrected chi connectivity index (χ0v) is 15.0. The largest absolute Gasteiger partial charge is 0.463 e. The van der Waals surface area contributed by atoms with E-state index in [2.05, 4.69) is 15.4 Å². The lowest BCUT2D eigenvalue weighted by molar-refractivity contribution is -0.139. The highest BCUT2D eigenvalue weighted by molar-refractivity contribution is 7.98. The van der Waals surface area contributed by atoms with Crippen LogP contribution in [-0.2, 0) is 9.53 Å². The number of hydrogen-bond acceptors (Lipinski definition) is 6. The van der Waals surface area contributed by atoms with Crippen molar-refractivity contribution in [2.75, 3.05) is 18.2 Å². The average molecular weight is 344 g/mol. The van der Waals surface area contributed by atoms with Gasteiger partial charge in [-0.25, -0.2) is 9.48 Å². The van der Waals surface area contributed by atoms with E-state index in [-0.39, 0.29) is 12.0 Å². The Morgan fingerprint density at radius 2 is 2.04 bits per heavy atom. The molecule has 24 heavy (non-hydrogen) atoms. The molecular formula is C17H20N4O2S. The van der Waals surface area contributed by atoms with Crippen molar-refractivity contribution in [3.63, 3.8) is 0 Å². The number of fused-ring (bicyclic) bond motifs is 1. The molecule has 0 radical (unpaired) electrons. The molecule has 0 fully saturated rings. The number of thioether (sulfide) groups is 1. The van der Waals surface area contributed by atoms with E-state index in [0.29, 0.717) is 23.3 Å². The zero-order valence-electron chi connectivity index (χ0n) is 14.2. The van der Waals surface area contributed by atoms with E-state index < -0.39 is 0 Å². The van der Waals surface area contributed by atoms with Crippen LogP contribution in [0.25, 0.3) is 0 Å². The standard InChI is InChI=1S/C17H20N4O2S/c1-5-23-15(22)13-11(3)18-16-19-17(24-4)20-21(16)14(13)12-8-6-10(2)7-9-12/h6-9,14H,5H2,1-4H3,(H,18,19,20)/t14-/m1/s1. The van der Waals surface area contributed by atoms with Crippen LogP contribution in [0.2, 0.25) is 0 Å². The Morgan fingerprint density at radius 3 is 2.67 bits per heavy atom. The Kier molecular flexibility index (Phi) is 4.62. The van der Waals surface area contributed by atoms with Crippen molar-refractivity contribution >= 4 is 23.7 Å². The van der Waals surface area contributed by atoms with Gasteiger partial charge in [0.1, 0.15) is 6.04 Å². The second kappa shape index (κ2) is 6.68. The quantitative estimate of drug-likeness (QED) is 0.679. The number of aryl methyl sites for hydroxylation is 1. The van der Waals surface area contributed by atoms with Gasteiger partial charge >= 0.3 is 5.97 Å². The molecule has 2 heterocycles. The van der Waals surface area contributed by atoms with Gasteiger partial charge in [-0.05, 0) is 32.6 Å². The molecule has 0 amide bonds. The van der Waals surface area contributed by atoms with Crippen LogP contribution in [0.3, 0.4) is 0 Å². The predicted octanol–water partition coefficient (Wildman–Crippen LogP) is 3.16. The molecule has 1 aliphatic rings. The summed E-state index contributed by atoms with van der Waals surface area (Å²) in [5.41, 5.74) is 3.44. The Balaban J connectivity index is 2.15. The summed E-state index contributed by atoms with van der Waals surface area (Å²) in [6, 6.07) is 7.74. The highest BCUT2D eigenvalue weighted by Gasteiger charge is 2.34. The highest BCUT2D eigenvalue weighted by Crippen LogP contribution is 2.36. The maximum atomic E-state index is 12.6. The van der Waals surface area contributed by atoms with E-state index in [0.717, 1.165) is 16.8 Å². The van der Waals surface area contributed by atoms with Gasteiger partial charge in [-0.3, -0.25) is 0 Å². The molecule has 0 bridgehead atoms. The summed E-state index contributed by atoms with van der Waals surface area (Å²) in [6.07, 6.45) is 1.93. The van der Waals surface area contributed by atoms with E-state index in [1.165, 1.54) is 11.8 Å². The van der Waals surface area contributed by atoms with Gasteiger partial charge in [0.25, 0.3) is 0 Å². The minimum atomic E-state index is -0.353. The number of nitrogens with one attached hydrogen (secondary N) is 1. The topological polar surface area (TPSA) is 69.0 Å². The summed E-state index contributed by atoms with van der Waals surface area (Å²) in [7, 11) is 0. The van der Waals surface area contributed by atoms with Crippen molar-refractivity contribution < 1.29 is 9.53 Å². The normalized spacial score (nSPS) is 16.6. The Labute approximate surface area is 145 Å². The van der Waals surface area contributed by atoms with Gasteiger partial charge in [0.15, 0.2) is 0 Å². The SMILES string of the molecule is CCOC(=O)C1=C(C)Nc2nc(SC)nn2[C@@H]1c1ccc(C)cc1. The van der Waals surface area contributed by atoms with Crippen LogP contribution >= 0.6 is 11.8 Å². The number of allylic oxidation sites excluding steroid dienone is 1. The first kappa shape index (κ1) is 16.6. The first-order valence-electron chi connectivity index (χ1n) is 7.77. The Bertz CT molecular complexity index is 795. The first-order chi connectivity index (χ1) is 11.5. The second-order valence-corrected chi connectivity index (χ2v) is 6.34. The fourth-order valence-corrected chi connectivity index (χ4v) is 3.10. The number of ether oxygens (including phenoxy) is 1. The zero-order chi connectivity index (χ0) is 17.3. The Hall–Kier alpha value is -2.28. The molecule has 126 valence electrons. The summed E-state index contributed by atoms with van der Waals surface area (Å²) in [5, 5.41) is 8.37. The van der Waals surface area contributed by atoms with Gasteiger partial charge in [0.05, 0.1) is 12.2 Å². The molecule has 1 aromatic heterocycles. The minimum absolute atomic E-state index is 0.330. The molecule has 0 unspecified atom stereocenters. The average Bonchev–Trinajstić information content (AvgIpc) is 2.97. The molecule has 0 spiro atoms. The fraction of sp³-hybridized carbons (Fsp3) is 0.353. The van der Waals surface area contributed by atoms with Crippen LogP contribution < -0.4 is 5.32 Å². The summed E-state index contributed by atoms with van der Waals surface area (Å²) in [4.78, 5) is 17.0. The first-order valence-corrected chi connectivity index (χ1v) is 8.99. The third-order valence-corrected chi connectivity index (χ3v) is 4.44. The van der Waals surface area contributed by atoms with Crippen LogP contribution in [0, 0.1) is 6.92 Å². The van der Waals surface area contributed by atoms with Crippen molar-refractivity contribution in [1.82, 2.24) is 14.8 Å². The maximum Gasteiger partial charge on any atom is 0.338 e. The van der Waals surface area contributed by atoms with Gasteiger partial charge in [-0.2, -0.15) is 4.98 Å². The predicted molar refractivity (Wildman–Crippen MR) is 94.1 cm³/mol. The van der Waals surface area contributed by atoms with Crippen molar-refractivity contribution in [3.8, 4) is 0 Å². The number of carbonyl (C=O) groups is 1. The van der Waals surface area contributed by atoms with E-state index >= 15 is 0 Å². The van der Waals surface area contributed by atoms with Crippen molar-refractivity contribution in [1.29, 1.82) is 0 Å². The van der Waals surface area contributed by atoms with Crippen LogP contribution in [0.1, 0.15) is 31.0 Å². The summed E-state index contributed by atoms with van der Waals surface area (Å²) in [5.74, 6) is 0.301. The molecule has 7 heteroatoms. The number of aromatic nitrogens is 3. The summed E-state index contributed by atoms with van der Waals surface area (Å²) >= 11 is 1.47. The van der Waals surface area contributed by atoms with Gasteiger partial charge in [0, 0.05) is 5.70 Å². The maximum absolute atomic E-state index is 12.6. The monoisotopic (exact) mass is 344 g/mol. The van der Waals surface area contributed by atoms with Crippen LogP contribution in [0.5, 0.6) is 0 Å². The third kappa shape index (κ3) is 2.91. The van der Waals surface area contributed by atoms with Crippen molar-refractivity contribution in [2.24, 2.45) is 0 Å². The van der Waals surface area contributed by atoms with Crippen LogP contribution in [-0.4, -0.2) is 33.6 Å².